The summed E-state index contributed by atoms with van der Waals surface area (Å²) >= 11 is 0. The molecule has 2 aliphatic carbocycles. The molecule has 1 aromatic rings. The van der Waals surface area contributed by atoms with Gasteiger partial charge in [0.2, 0.25) is 0 Å². The summed E-state index contributed by atoms with van der Waals surface area (Å²) < 4.78 is 0. The van der Waals surface area contributed by atoms with Gasteiger partial charge in [-0.3, -0.25) is 9.98 Å². The van der Waals surface area contributed by atoms with E-state index < -0.39 is 0 Å². The second kappa shape index (κ2) is 7.61. The van der Waals surface area contributed by atoms with E-state index in [0.29, 0.717) is 6.04 Å². The van der Waals surface area contributed by atoms with E-state index in [1.54, 1.807) is 0 Å². The second-order valence-corrected chi connectivity index (χ2v) is 6.71. The van der Waals surface area contributed by atoms with Gasteiger partial charge in [-0.1, -0.05) is 31.7 Å². The van der Waals surface area contributed by atoms with Gasteiger partial charge in [0.25, 0.3) is 0 Å². The first-order valence-electron chi connectivity index (χ1n) is 8.72. The first-order valence-corrected chi connectivity index (χ1v) is 8.72. The van der Waals surface area contributed by atoms with Crippen molar-refractivity contribution in [3.63, 3.8) is 0 Å². The number of pyridine rings is 1. The fourth-order valence-corrected chi connectivity index (χ4v) is 4.07. The fraction of sp³-hybridized carbons (Fsp3) is 0.667. The van der Waals surface area contributed by atoms with Crippen LogP contribution in [0.3, 0.4) is 0 Å². The molecule has 3 rings (SSSR count). The number of nitrogens with zero attached hydrogens (tertiary/aromatic N) is 2. The molecule has 0 aromatic carbocycles. The molecule has 2 aliphatic rings. The summed E-state index contributed by atoms with van der Waals surface area (Å²) in [5, 5.41) is 7.00. The summed E-state index contributed by atoms with van der Waals surface area (Å²) in [6.45, 7) is 0.722. The lowest BCUT2D eigenvalue weighted by atomic mass is 9.69. The van der Waals surface area contributed by atoms with Crippen LogP contribution in [0.2, 0.25) is 0 Å². The molecule has 1 heterocycles. The van der Waals surface area contributed by atoms with Crippen LogP contribution in [0.25, 0.3) is 0 Å². The van der Waals surface area contributed by atoms with Gasteiger partial charge < -0.3 is 10.6 Å². The third-order valence-electron chi connectivity index (χ3n) is 5.27. The Kier molecular flexibility index (Phi) is 5.30. The van der Waals surface area contributed by atoms with Crippen molar-refractivity contribution in [3.8, 4) is 0 Å². The number of guanidine groups is 1. The highest BCUT2D eigenvalue weighted by Crippen LogP contribution is 2.40. The lowest BCUT2D eigenvalue weighted by molar-refractivity contribution is 0.150. The highest BCUT2D eigenvalue weighted by Gasteiger charge is 2.32. The van der Waals surface area contributed by atoms with E-state index >= 15 is 0 Å². The minimum Gasteiger partial charge on any atom is -0.354 e. The smallest absolute Gasteiger partial charge is 0.191 e. The highest BCUT2D eigenvalue weighted by atomic mass is 15.2. The molecule has 0 aliphatic heterocycles. The molecule has 2 fully saturated rings. The highest BCUT2D eigenvalue weighted by molar-refractivity contribution is 5.79. The van der Waals surface area contributed by atoms with E-state index in [4.69, 9.17) is 0 Å². The maximum atomic E-state index is 4.37. The molecule has 120 valence electrons. The number of rotatable bonds is 3. The Morgan fingerprint density at radius 3 is 2.82 bits per heavy atom. The summed E-state index contributed by atoms with van der Waals surface area (Å²) in [4.78, 5) is 8.71. The van der Waals surface area contributed by atoms with Crippen molar-refractivity contribution in [1.29, 1.82) is 0 Å². The number of fused-ring (bicyclic) bond motifs is 1. The number of hydrogen-bond donors (Lipinski definition) is 2. The van der Waals surface area contributed by atoms with E-state index in [1.807, 2.05) is 31.4 Å². The second-order valence-electron chi connectivity index (χ2n) is 6.71. The first-order chi connectivity index (χ1) is 10.8. The van der Waals surface area contributed by atoms with Crippen LogP contribution >= 0.6 is 0 Å². The van der Waals surface area contributed by atoms with Crippen molar-refractivity contribution in [3.05, 3.63) is 30.1 Å². The van der Waals surface area contributed by atoms with E-state index in [1.165, 1.54) is 44.9 Å². The van der Waals surface area contributed by atoms with E-state index in [9.17, 15) is 0 Å². The zero-order valence-electron chi connectivity index (χ0n) is 13.6. The Balaban J connectivity index is 1.48. The fourth-order valence-electron chi connectivity index (χ4n) is 4.07. The van der Waals surface area contributed by atoms with Gasteiger partial charge in [-0.25, -0.2) is 0 Å². The van der Waals surface area contributed by atoms with Crippen molar-refractivity contribution in [1.82, 2.24) is 15.6 Å². The SMILES string of the molecule is CN=C(NCc1ccccn1)NC1CCC2CCCCC2C1. The normalized spacial score (nSPS) is 28.8. The van der Waals surface area contributed by atoms with Gasteiger partial charge in [0.1, 0.15) is 0 Å². The molecular weight excluding hydrogens is 272 g/mol. The zero-order valence-corrected chi connectivity index (χ0v) is 13.6. The van der Waals surface area contributed by atoms with Crippen LogP contribution in [-0.4, -0.2) is 24.0 Å². The molecule has 0 spiro atoms. The Labute approximate surface area is 133 Å². The lowest BCUT2D eigenvalue weighted by Gasteiger charge is -2.39. The number of hydrogen-bond acceptors (Lipinski definition) is 2. The number of nitrogens with one attached hydrogen (secondary N) is 2. The van der Waals surface area contributed by atoms with Gasteiger partial charge in [0, 0.05) is 19.3 Å². The van der Waals surface area contributed by atoms with Crippen LogP contribution < -0.4 is 10.6 Å². The third-order valence-corrected chi connectivity index (χ3v) is 5.27. The average Bonchev–Trinajstić information content (AvgIpc) is 2.59. The maximum absolute atomic E-state index is 4.37. The molecule has 0 bridgehead atoms. The van der Waals surface area contributed by atoms with Crippen molar-refractivity contribution >= 4 is 5.96 Å². The minimum atomic E-state index is 0.578. The van der Waals surface area contributed by atoms with E-state index in [2.05, 4.69) is 20.6 Å². The molecule has 3 atom stereocenters. The molecule has 2 N–H and O–H groups in total. The van der Waals surface area contributed by atoms with E-state index in [0.717, 1.165) is 30.0 Å². The predicted molar refractivity (Wildman–Crippen MR) is 90.7 cm³/mol. The summed E-state index contributed by atoms with van der Waals surface area (Å²) in [6, 6.07) is 6.58. The standard InChI is InChI=1S/C18H28N4/c1-19-18(21-13-17-8-4-5-11-20-17)22-16-10-9-14-6-2-3-7-15(14)12-16/h4-5,8,11,14-16H,2-3,6-7,9-10,12-13H2,1H3,(H2,19,21,22). The molecule has 2 saturated carbocycles. The third kappa shape index (κ3) is 3.99. The molecular formula is C18H28N4. The zero-order chi connectivity index (χ0) is 15.2. The Bertz CT molecular complexity index is 485. The van der Waals surface area contributed by atoms with Gasteiger partial charge >= 0.3 is 0 Å². The lowest BCUT2D eigenvalue weighted by Crippen LogP contribution is -2.46. The molecule has 4 heteroatoms. The van der Waals surface area contributed by atoms with Crippen LogP contribution in [0.15, 0.2) is 29.4 Å². The Morgan fingerprint density at radius 2 is 2.05 bits per heavy atom. The average molecular weight is 300 g/mol. The van der Waals surface area contributed by atoms with Crippen LogP contribution in [0.1, 0.15) is 50.6 Å². The maximum Gasteiger partial charge on any atom is 0.191 e. The Hall–Kier alpha value is -1.58. The van der Waals surface area contributed by atoms with Gasteiger partial charge in [0.05, 0.1) is 12.2 Å². The molecule has 22 heavy (non-hydrogen) atoms. The largest absolute Gasteiger partial charge is 0.354 e. The van der Waals surface area contributed by atoms with Crippen LogP contribution in [0.4, 0.5) is 0 Å². The summed E-state index contributed by atoms with van der Waals surface area (Å²) in [6.07, 6.45) is 11.6. The Morgan fingerprint density at radius 1 is 1.18 bits per heavy atom. The van der Waals surface area contributed by atoms with Gasteiger partial charge in [-0.15, -0.1) is 0 Å². The predicted octanol–water partition coefficient (Wildman–Crippen LogP) is 3.11. The van der Waals surface area contributed by atoms with Crippen molar-refractivity contribution in [2.45, 2.75) is 57.5 Å². The first kappa shape index (κ1) is 15.3. The van der Waals surface area contributed by atoms with Crippen LogP contribution in [0.5, 0.6) is 0 Å². The molecule has 1 aromatic heterocycles. The van der Waals surface area contributed by atoms with Gasteiger partial charge in [0.15, 0.2) is 5.96 Å². The van der Waals surface area contributed by atoms with Crippen molar-refractivity contribution < 1.29 is 0 Å². The molecule has 3 unspecified atom stereocenters. The van der Waals surface area contributed by atoms with Crippen molar-refractivity contribution in [2.24, 2.45) is 16.8 Å². The molecule has 0 radical (unpaired) electrons. The van der Waals surface area contributed by atoms with E-state index in [-0.39, 0.29) is 0 Å². The quantitative estimate of drug-likeness (QED) is 0.666. The monoisotopic (exact) mass is 300 g/mol. The van der Waals surface area contributed by atoms with Crippen LogP contribution in [-0.2, 0) is 6.54 Å². The van der Waals surface area contributed by atoms with Gasteiger partial charge in [-0.2, -0.15) is 0 Å². The van der Waals surface area contributed by atoms with Crippen LogP contribution in [0, 0.1) is 11.8 Å². The molecule has 4 nitrogen and oxygen atoms in total. The number of aliphatic imine (C=N–C) groups is 1. The van der Waals surface area contributed by atoms with Crippen molar-refractivity contribution in [2.75, 3.05) is 7.05 Å². The topological polar surface area (TPSA) is 49.3 Å². The summed E-state index contributed by atoms with van der Waals surface area (Å²) in [5.74, 6) is 2.84. The summed E-state index contributed by atoms with van der Waals surface area (Å²) in [5.41, 5.74) is 1.04. The number of aromatic nitrogens is 1. The summed E-state index contributed by atoms with van der Waals surface area (Å²) in [7, 11) is 1.85. The molecule has 0 saturated heterocycles. The molecule has 0 amide bonds. The van der Waals surface area contributed by atoms with Gasteiger partial charge in [-0.05, 0) is 43.2 Å². The minimum absolute atomic E-state index is 0.578.